The summed E-state index contributed by atoms with van der Waals surface area (Å²) in [7, 11) is 1.95. The molecule has 0 unspecified atom stereocenters. The Morgan fingerprint density at radius 3 is 2.95 bits per heavy atom. The lowest BCUT2D eigenvalue weighted by molar-refractivity contribution is 0.330. The van der Waals surface area contributed by atoms with Gasteiger partial charge in [-0.15, -0.1) is 23.7 Å². The first kappa shape index (κ1) is 14.5. The Hall–Kier alpha value is -0.880. The van der Waals surface area contributed by atoms with Gasteiger partial charge in [-0.25, -0.2) is 0 Å². The van der Waals surface area contributed by atoms with Gasteiger partial charge in [0.25, 0.3) is 0 Å². The van der Waals surface area contributed by atoms with Gasteiger partial charge in [0.15, 0.2) is 0 Å². The summed E-state index contributed by atoms with van der Waals surface area (Å²) in [6.07, 6.45) is 5.10. The SMILES string of the molecule is Cl.Cn1cc(-c2ccc(CN3CC[C@H](N)C3)s2)cn1. The molecule has 1 saturated heterocycles. The molecule has 6 heteroatoms. The van der Waals surface area contributed by atoms with Crippen LogP contribution in [0.3, 0.4) is 0 Å². The highest BCUT2D eigenvalue weighted by Gasteiger charge is 2.19. The van der Waals surface area contributed by atoms with Gasteiger partial charge in [0.1, 0.15) is 0 Å². The standard InChI is InChI=1S/C13H18N4S.ClH/c1-16-7-10(6-15-16)13-3-2-12(18-13)9-17-5-4-11(14)8-17;/h2-3,6-7,11H,4-5,8-9,14H2,1H3;1H/t11-;/m0./s1. The number of halogens is 1. The molecule has 4 nitrogen and oxygen atoms in total. The van der Waals surface area contributed by atoms with Crippen molar-refractivity contribution in [2.75, 3.05) is 13.1 Å². The Morgan fingerprint density at radius 2 is 2.32 bits per heavy atom. The van der Waals surface area contributed by atoms with Crippen LogP contribution in [0, 0.1) is 0 Å². The second kappa shape index (κ2) is 6.05. The van der Waals surface area contributed by atoms with E-state index in [0.29, 0.717) is 6.04 Å². The molecule has 3 heterocycles. The molecule has 2 aromatic rings. The van der Waals surface area contributed by atoms with Gasteiger partial charge in [0, 0.05) is 54.2 Å². The van der Waals surface area contributed by atoms with Crippen LogP contribution in [0.5, 0.6) is 0 Å². The van der Waals surface area contributed by atoms with Gasteiger partial charge in [0.2, 0.25) is 0 Å². The van der Waals surface area contributed by atoms with Gasteiger partial charge >= 0.3 is 0 Å². The van der Waals surface area contributed by atoms with Crippen LogP contribution in [0.2, 0.25) is 0 Å². The molecule has 19 heavy (non-hydrogen) atoms. The van der Waals surface area contributed by atoms with Gasteiger partial charge in [-0.05, 0) is 18.6 Å². The molecule has 1 fully saturated rings. The van der Waals surface area contributed by atoms with E-state index in [1.165, 1.54) is 15.3 Å². The summed E-state index contributed by atoms with van der Waals surface area (Å²) in [4.78, 5) is 5.13. The number of hydrogen-bond acceptors (Lipinski definition) is 4. The monoisotopic (exact) mass is 298 g/mol. The fourth-order valence-electron chi connectivity index (χ4n) is 2.39. The van der Waals surface area contributed by atoms with Crippen LogP contribution < -0.4 is 5.73 Å². The predicted octanol–water partition coefficient (Wildman–Crippen LogP) is 2.10. The van der Waals surface area contributed by atoms with Crippen molar-refractivity contribution in [3.05, 3.63) is 29.4 Å². The van der Waals surface area contributed by atoms with Crippen LogP contribution in [0.1, 0.15) is 11.3 Å². The van der Waals surface area contributed by atoms with Gasteiger partial charge in [0.05, 0.1) is 6.20 Å². The molecular weight excluding hydrogens is 280 g/mol. The van der Waals surface area contributed by atoms with Crippen LogP contribution in [0.15, 0.2) is 24.5 Å². The topological polar surface area (TPSA) is 47.1 Å². The first-order chi connectivity index (χ1) is 8.70. The maximum absolute atomic E-state index is 5.93. The van der Waals surface area contributed by atoms with Crippen LogP contribution in [0.4, 0.5) is 0 Å². The fraction of sp³-hybridized carbons (Fsp3) is 0.462. The summed E-state index contributed by atoms with van der Waals surface area (Å²) in [6.45, 7) is 3.18. The molecule has 104 valence electrons. The number of aryl methyl sites for hydroxylation is 1. The Morgan fingerprint density at radius 1 is 1.47 bits per heavy atom. The fourth-order valence-corrected chi connectivity index (χ4v) is 3.42. The normalized spacial score (nSPS) is 19.6. The van der Waals surface area contributed by atoms with E-state index in [4.69, 9.17) is 5.73 Å². The second-order valence-corrected chi connectivity index (χ2v) is 6.12. The van der Waals surface area contributed by atoms with Gasteiger partial charge in [-0.3, -0.25) is 9.58 Å². The third kappa shape index (κ3) is 3.36. The third-order valence-corrected chi connectivity index (χ3v) is 4.46. The van der Waals surface area contributed by atoms with E-state index < -0.39 is 0 Å². The molecule has 1 aliphatic heterocycles. The summed E-state index contributed by atoms with van der Waals surface area (Å²) in [5.41, 5.74) is 7.13. The van der Waals surface area contributed by atoms with E-state index in [9.17, 15) is 0 Å². The van der Waals surface area contributed by atoms with Gasteiger partial charge in [-0.2, -0.15) is 5.10 Å². The van der Waals surface area contributed by atoms with Crippen molar-refractivity contribution in [2.45, 2.75) is 19.0 Å². The molecule has 0 saturated carbocycles. The van der Waals surface area contributed by atoms with Crippen molar-refractivity contribution in [3.63, 3.8) is 0 Å². The molecule has 2 aromatic heterocycles. The molecule has 0 radical (unpaired) electrons. The van der Waals surface area contributed by atoms with Crippen LogP contribution in [-0.4, -0.2) is 33.8 Å². The lowest BCUT2D eigenvalue weighted by Crippen LogP contribution is -2.25. The Kier molecular flexibility index (Phi) is 4.62. The molecule has 0 aliphatic carbocycles. The minimum absolute atomic E-state index is 0. The van der Waals surface area contributed by atoms with Crippen LogP contribution in [0.25, 0.3) is 10.4 Å². The zero-order chi connectivity index (χ0) is 12.5. The van der Waals surface area contributed by atoms with Crippen molar-refractivity contribution in [1.29, 1.82) is 0 Å². The molecular formula is C13H19ClN4S. The van der Waals surface area contributed by atoms with E-state index in [-0.39, 0.29) is 12.4 Å². The molecule has 0 aromatic carbocycles. The first-order valence-corrected chi connectivity index (χ1v) is 7.08. The molecule has 3 rings (SSSR count). The van der Waals surface area contributed by atoms with E-state index in [2.05, 4.69) is 28.3 Å². The van der Waals surface area contributed by atoms with Gasteiger partial charge < -0.3 is 5.73 Å². The van der Waals surface area contributed by atoms with E-state index in [1.807, 2.05) is 29.3 Å². The Balaban J connectivity index is 0.00000133. The highest BCUT2D eigenvalue weighted by atomic mass is 35.5. The number of likely N-dealkylation sites (tertiary alicyclic amines) is 1. The quantitative estimate of drug-likeness (QED) is 0.944. The summed E-state index contributed by atoms with van der Waals surface area (Å²) >= 11 is 1.85. The van der Waals surface area contributed by atoms with E-state index >= 15 is 0 Å². The number of rotatable bonds is 3. The second-order valence-electron chi connectivity index (χ2n) is 4.95. The average Bonchev–Trinajstić information content (AvgIpc) is 3.01. The highest BCUT2D eigenvalue weighted by molar-refractivity contribution is 7.15. The number of nitrogens with zero attached hydrogens (tertiary/aromatic N) is 3. The molecule has 0 spiro atoms. The Bertz CT molecular complexity index is 536. The van der Waals surface area contributed by atoms with E-state index in [1.54, 1.807) is 0 Å². The zero-order valence-corrected chi connectivity index (χ0v) is 12.6. The van der Waals surface area contributed by atoms with Crippen molar-refractivity contribution in [2.24, 2.45) is 12.8 Å². The lowest BCUT2D eigenvalue weighted by atomic mass is 10.3. The summed E-state index contributed by atoms with van der Waals surface area (Å²) in [5.74, 6) is 0. The maximum atomic E-state index is 5.93. The van der Waals surface area contributed by atoms with E-state index in [0.717, 1.165) is 26.1 Å². The number of aromatic nitrogens is 2. The first-order valence-electron chi connectivity index (χ1n) is 6.26. The highest BCUT2D eigenvalue weighted by Crippen LogP contribution is 2.28. The summed E-state index contributed by atoms with van der Waals surface area (Å²) < 4.78 is 1.84. The molecule has 0 bridgehead atoms. The van der Waals surface area contributed by atoms with Crippen LogP contribution in [-0.2, 0) is 13.6 Å². The minimum atomic E-state index is 0. The predicted molar refractivity (Wildman–Crippen MR) is 81.6 cm³/mol. The van der Waals surface area contributed by atoms with Crippen molar-refractivity contribution in [3.8, 4) is 10.4 Å². The van der Waals surface area contributed by atoms with Crippen molar-refractivity contribution in [1.82, 2.24) is 14.7 Å². The van der Waals surface area contributed by atoms with Crippen molar-refractivity contribution < 1.29 is 0 Å². The Labute approximate surface area is 123 Å². The largest absolute Gasteiger partial charge is 0.326 e. The number of hydrogen-bond donors (Lipinski definition) is 1. The average molecular weight is 299 g/mol. The maximum Gasteiger partial charge on any atom is 0.0576 e. The smallest absolute Gasteiger partial charge is 0.0576 e. The molecule has 0 amide bonds. The zero-order valence-electron chi connectivity index (χ0n) is 11.0. The third-order valence-electron chi connectivity index (χ3n) is 3.34. The van der Waals surface area contributed by atoms with Crippen LogP contribution >= 0.6 is 23.7 Å². The molecule has 2 N–H and O–H groups in total. The summed E-state index contributed by atoms with van der Waals surface area (Å²) in [6, 6.07) is 4.77. The van der Waals surface area contributed by atoms with Gasteiger partial charge in [-0.1, -0.05) is 0 Å². The number of nitrogens with two attached hydrogens (primary N) is 1. The molecule has 1 atom stereocenters. The lowest BCUT2D eigenvalue weighted by Gasteiger charge is -2.13. The minimum Gasteiger partial charge on any atom is -0.326 e. The van der Waals surface area contributed by atoms with Crippen molar-refractivity contribution >= 4 is 23.7 Å². The number of thiophene rings is 1. The summed E-state index contributed by atoms with van der Waals surface area (Å²) in [5, 5.41) is 4.21. The molecule has 1 aliphatic rings.